The van der Waals surface area contributed by atoms with Gasteiger partial charge in [0.05, 0.1) is 13.4 Å². The monoisotopic (exact) mass is 403 g/mol. The molecule has 27 heavy (non-hydrogen) atoms. The number of furan rings is 1. The summed E-state index contributed by atoms with van der Waals surface area (Å²) in [5.41, 5.74) is 4.42. The Morgan fingerprint density at radius 1 is 1.41 bits per heavy atom. The predicted molar refractivity (Wildman–Crippen MR) is 111 cm³/mol. The van der Waals surface area contributed by atoms with Crippen LogP contribution >= 0.6 is 23.1 Å². The van der Waals surface area contributed by atoms with E-state index in [9.17, 15) is 4.79 Å². The zero-order valence-electron chi connectivity index (χ0n) is 15.9. The van der Waals surface area contributed by atoms with Gasteiger partial charge in [-0.25, -0.2) is 0 Å². The van der Waals surface area contributed by atoms with Crippen LogP contribution in [0.25, 0.3) is 16.5 Å². The number of fused-ring (bicyclic) bond motifs is 1. The number of hydrogen-bond acceptors (Lipinski definition) is 7. The fourth-order valence-electron chi connectivity index (χ4n) is 2.85. The molecule has 0 bridgehead atoms. The highest BCUT2D eigenvalue weighted by atomic mass is 32.2. The summed E-state index contributed by atoms with van der Waals surface area (Å²) in [6.07, 6.45) is 3.28. The maximum atomic E-state index is 12.4. The van der Waals surface area contributed by atoms with Crippen LogP contribution in [-0.4, -0.2) is 29.0 Å². The van der Waals surface area contributed by atoms with E-state index in [1.54, 1.807) is 31.2 Å². The number of benzene rings is 1. The van der Waals surface area contributed by atoms with E-state index in [0.717, 1.165) is 43.3 Å². The average molecular weight is 404 g/mol. The molecule has 0 saturated carbocycles. The van der Waals surface area contributed by atoms with Crippen LogP contribution in [0.3, 0.4) is 0 Å². The first kappa shape index (κ1) is 19.4. The number of ether oxygens (including phenoxy) is 1. The molecule has 8 heteroatoms. The zero-order chi connectivity index (χ0) is 19.6. The maximum absolute atomic E-state index is 12.4. The first-order chi connectivity index (χ1) is 12.9. The van der Waals surface area contributed by atoms with E-state index in [2.05, 4.69) is 15.5 Å². The molecule has 1 N–H and O–H groups in total. The Morgan fingerprint density at radius 2 is 2.19 bits per heavy atom. The Balaban J connectivity index is 1.90. The SMILES string of the molecule is CCSc1nnc(NC(=O)/C=C(\C)c2cc3c(C)coc3c(C)c2OC)s1. The highest BCUT2D eigenvalue weighted by Gasteiger charge is 2.17. The topological polar surface area (TPSA) is 77.3 Å². The summed E-state index contributed by atoms with van der Waals surface area (Å²) in [5, 5.41) is 12.3. The maximum Gasteiger partial charge on any atom is 0.250 e. The summed E-state index contributed by atoms with van der Waals surface area (Å²) in [5.74, 6) is 1.37. The average Bonchev–Trinajstić information content (AvgIpc) is 3.22. The van der Waals surface area contributed by atoms with Crippen molar-refractivity contribution in [2.24, 2.45) is 0 Å². The van der Waals surface area contributed by atoms with Gasteiger partial charge >= 0.3 is 0 Å². The highest BCUT2D eigenvalue weighted by Crippen LogP contribution is 2.37. The molecule has 0 spiro atoms. The third kappa shape index (κ3) is 4.01. The molecule has 6 nitrogen and oxygen atoms in total. The number of carbonyl (C=O) groups is 1. The van der Waals surface area contributed by atoms with Gasteiger partial charge in [0.2, 0.25) is 11.0 Å². The van der Waals surface area contributed by atoms with E-state index in [0.29, 0.717) is 10.9 Å². The fraction of sp³-hybridized carbons (Fsp3) is 0.316. The number of hydrogen-bond donors (Lipinski definition) is 1. The number of nitrogens with one attached hydrogen (secondary N) is 1. The van der Waals surface area contributed by atoms with Crippen LogP contribution in [0.5, 0.6) is 5.75 Å². The Hall–Kier alpha value is -2.32. The molecule has 0 unspecified atom stereocenters. The number of allylic oxidation sites excluding steroid dienone is 1. The number of aryl methyl sites for hydroxylation is 2. The minimum Gasteiger partial charge on any atom is -0.496 e. The number of carbonyl (C=O) groups excluding carboxylic acids is 1. The van der Waals surface area contributed by atoms with Crippen LogP contribution in [0.15, 0.2) is 27.2 Å². The number of thioether (sulfide) groups is 1. The predicted octanol–water partition coefficient (Wildman–Crippen LogP) is 5.06. The molecule has 0 atom stereocenters. The number of anilines is 1. The summed E-state index contributed by atoms with van der Waals surface area (Å²) >= 11 is 2.96. The van der Waals surface area contributed by atoms with Crippen LogP contribution in [0.4, 0.5) is 5.13 Å². The molecule has 2 aromatic heterocycles. The molecule has 3 rings (SSSR count). The van der Waals surface area contributed by atoms with Crippen LogP contribution in [-0.2, 0) is 4.79 Å². The van der Waals surface area contributed by atoms with Crippen molar-refractivity contribution in [2.45, 2.75) is 32.0 Å². The lowest BCUT2D eigenvalue weighted by molar-refractivity contribution is -0.111. The Kier molecular flexibility index (Phi) is 5.86. The van der Waals surface area contributed by atoms with E-state index in [4.69, 9.17) is 9.15 Å². The smallest absolute Gasteiger partial charge is 0.250 e. The molecule has 1 amide bonds. The van der Waals surface area contributed by atoms with E-state index in [1.165, 1.54) is 11.3 Å². The molecule has 0 radical (unpaired) electrons. The summed E-state index contributed by atoms with van der Waals surface area (Å²) < 4.78 is 12.1. The van der Waals surface area contributed by atoms with Crippen molar-refractivity contribution in [3.63, 3.8) is 0 Å². The molecule has 142 valence electrons. The van der Waals surface area contributed by atoms with Gasteiger partial charge in [-0.2, -0.15) is 0 Å². The third-order valence-corrected chi connectivity index (χ3v) is 5.97. The highest BCUT2D eigenvalue weighted by molar-refractivity contribution is 8.01. The second-order valence-corrected chi connectivity index (χ2v) is 8.49. The second kappa shape index (κ2) is 8.14. The van der Waals surface area contributed by atoms with Gasteiger partial charge < -0.3 is 9.15 Å². The third-order valence-electron chi connectivity index (χ3n) is 4.12. The molecule has 0 aliphatic heterocycles. The Bertz CT molecular complexity index is 1020. The fourth-order valence-corrected chi connectivity index (χ4v) is 4.50. The Labute approximate surface area is 166 Å². The largest absolute Gasteiger partial charge is 0.496 e. The van der Waals surface area contributed by atoms with E-state index in [1.807, 2.05) is 33.8 Å². The molecule has 2 heterocycles. The van der Waals surface area contributed by atoms with Crippen molar-refractivity contribution in [1.82, 2.24) is 10.2 Å². The molecule has 0 aliphatic rings. The van der Waals surface area contributed by atoms with Crippen LogP contribution in [0, 0.1) is 13.8 Å². The van der Waals surface area contributed by atoms with Crippen molar-refractivity contribution in [3.8, 4) is 5.75 Å². The van der Waals surface area contributed by atoms with Gasteiger partial charge in [0, 0.05) is 22.6 Å². The van der Waals surface area contributed by atoms with E-state index >= 15 is 0 Å². The van der Waals surface area contributed by atoms with Crippen molar-refractivity contribution in [2.75, 3.05) is 18.2 Å². The molecule has 0 fully saturated rings. The van der Waals surface area contributed by atoms with Crippen LogP contribution in [0.1, 0.15) is 30.5 Å². The molecule has 0 saturated heterocycles. The minimum absolute atomic E-state index is 0.250. The number of rotatable bonds is 6. The van der Waals surface area contributed by atoms with Crippen molar-refractivity contribution < 1.29 is 13.9 Å². The quantitative estimate of drug-likeness (QED) is 0.352. The van der Waals surface area contributed by atoms with Gasteiger partial charge in [-0.05, 0) is 43.7 Å². The number of amides is 1. The molecule has 1 aromatic carbocycles. The van der Waals surface area contributed by atoms with Crippen LogP contribution < -0.4 is 10.1 Å². The lowest BCUT2D eigenvalue weighted by Crippen LogP contribution is -2.08. The summed E-state index contributed by atoms with van der Waals surface area (Å²) in [6, 6.07) is 2.00. The molecular formula is C19H21N3O3S2. The van der Waals surface area contributed by atoms with E-state index < -0.39 is 0 Å². The second-order valence-electron chi connectivity index (χ2n) is 6.00. The first-order valence-electron chi connectivity index (χ1n) is 8.46. The summed E-state index contributed by atoms with van der Waals surface area (Å²) in [4.78, 5) is 12.4. The van der Waals surface area contributed by atoms with Gasteiger partial charge in [-0.3, -0.25) is 10.1 Å². The number of nitrogens with zero attached hydrogens (tertiary/aromatic N) is 2. The first-order valence-corrected chi connectivity index (χ1v) is 10.3. The van der Waals surface area contributed by atoms with Gasteiger partial charge in [0.1, 0.15) is 11.3 Å². The lowest BCUT2D eigenvalue weighted by atomic mass is 9.98. The summed E-state index contributed by atoms with van der Waals surface area (Å²) in [7, 11) is 1.62. The van der Waals surface area contributed by atoms with Crippen molar-refractivity contribution in [1.29, 1.82) is 0 Å². The summed E-state index contributed by atoms with van der Waals surface area (Å²) in [6.45, 7) is 7.88. The van der Waals surface area contributed by atoms with Gasteiger partial charge in [0.15, 0.2) is 4.34 Å². The number of methoxy groups -OCH3 is 1. The number of aromatic nitrogens is 2. The lowest BCUT2D eigenvalue weighted by Gasteiger charge is -2.13. The minimum atomic E-state index is -0.250. The van der Waals surface area contributed by atoms with Crippen molar-refractivity contribution in [3.05, 3.63) is 35.1 Å². The molecule has 3 aromatic rings. The van der Waals surface area contributed by atoms with Gasteiger partial charge in [0.25, 0.3) is 0 Å². The molecule has 0 aliphatic carbocycles. The van der Waals surface area contributed by atoms with Gasteiger partial charge in [-0.15, -0.1) is 10.2 Å². The normalized spacial score (nSPS) is 11.8. The van der Waals surface area contributed by atoms with Crippen LogP contribution in [0.2, 0.25) is 0 Å². The zero-order valence-corrected chi connectivity index (χ0v) is 17.5. The van der Waals surface area contributed by atoms with Gasteiger partial charge in [-0.1, -0.05) is 30.0 Å². The van der Waals surface area contributed by atoms with E-state index in [-0.39, 0.29) is 5.91 Å². The standard InChI is InChI=1S/C19H21N3O3S2/c1-6-26-19-22-21-18(27-19)20-15(23)7-10(2)13-8-14-11(3)9-25-17(14)12(4)16(13)24-5/h7-9H,6H2,1-5H3,(H,20,21,23)/b10-7+. The Morgan fingerprint density at radius 3 is 2.89 bits per heavy atom. The molecular weight excluding hydrogens is 382 g/mol. The van der Waals surface area contributed by atoms with Crippen molar-refractivity contribution >= 4 is 50.7 Å².